The lowest BCUT2D eigenvalue weighted by atomic mass is 9.78. The van der Waals surface area contributed by atoms with E-state index >= 15 is 0 Å². The smallest absolute Gasteiger partial charge is 0.167 e. The predicted molar refractivity (Wildman–Crippen MR) is 189 cm³/mol. The van der Waals surface area contributed by atoms with Gasteiger partial charge in [-0.3, -0.25) is 14.4 Å². The highest BCUT2D eigenvalue weighted by atomic mass is 16.6. The molecule has 15 atom stereocenters. The van der Waals surface area contributed by atoms with E-state index in [-0.39, 0.29) is 55.7 Å². The Balaban J connectivity index is 0.000000360. The minimum atomic E-state index is -1.44. The zero-order valence-corrected chi connectivity index (χ0v) is 31.9. The summed E-state index contributed by atoms with van der Waals surface area (Å²) in [5.41, 5.74) is -1.92. The maximum absolute atomic E-state index is 12.8. The van der Waals surface area contributed by atoms with Crippen LogP contribution in [-0.4, -0.2) is 138 Å². The van der Waals surface area contributed by atoms with Crippen molar-refractivity contribution < 1.29 is 69.4 Å². The second-order valence-electron chi connectivity index (χ2n) is 14.9. The average molecular weight is 745 g/mol. The van der Waals surface area contributed by atoms with E-state index in [1.54, 1.807) is 27.7 Å². The normalized spacial score (nSPS) is 34.7. The Morgan fingerprint density at radius 2 is 1.27 bits per heavy atom. The van der Waals surface area contributed by atoms with Crippen molar-refractivity contribution in [2.45, 2.75) is 135 Å². The third kappa shape index (κ3) is 10.6. The van der Waals surface area contributed by atoms with Crippen LogP contribution in [0.3, 0.4) is 0 Å². The highest BCUT2D eigenvalue weighted by molar-refractivity contribution is 5.86. The Bertz CT molecular complexity index is 1240. The Labute approximate surface area is 307 Å². The quantitative estimate of drug-likeness (QED) is 0.0630. The van der Waals surface area contributed by atoms with Crippen molar-refractivity contribution in [2.75, 3.05) is 26.4 Å². The van der Waals surface area contributed by atoms with E-state index in [1.807, 2.05) is 52.0 Å². The molecule has 3 heterocycles. The summed E-state index contributed by atoms with van der Waals surface area (Å²) in [6, 6.07) is 0. The molecule has 0 radical (unpaired) electrons. The molecule has 0 spiro atoms. The van der Waals surface area contributed by atoms with Gasteiger partial charge in [-0.1, -0.05) is 52.0 Å². The van der Waals surface area contributed by atoms with E-state index in [2.05, 4.69) is 0 Å². The van der Waals surface area contributed by atoms with Crippen LogP contribution in [0, 0.1) is 35.5 Å². The number of ether oxygens (including phenoxy) is 3. The van der Waals surface area contributed by atoms with Gasteiger partial charge in [-0.2, -0.15) is 0 Å². The fraction of sp³-hybridized carbons (Fsp3) is 0.816. The second-order valence-corrected chi connectivity index (χ2v) is 14.9. The monoisotopic (exact) mass is 744 g/mol. The van der Waals surface area contributed by atoms with Gasteiger partial charge in [0.15, 0.2) is 5.79 Å². The molecule has 0 bridgehead atoms. The maximum atomic E-state index is 12.8. The minimum absolute atomic E-state index is 0.0236. The number of aliphatic hydroxyl groups excluding tert-OH is 7. The molecule has 3 rings (SSSR count). The molecule has 1 unspecified atom stereocenters. The number of aliphatic hydroxyl groups is 8. The Hall–Kier alpha value is -1.95. The molecule has 0 aromatic carbocycles. The van der Waals surface area contributed by atoms with Gasteiger partial charge >= 0.3 is 0 Å². The first-order chi connectivity index (χ1) is 24.3. The first kappa shape index (κ1) is 46.2. The first-order valence-corrected chi connectivity index (χ1v) is 18.4. The lowest BCUT2D eigenvalue weighted by Crippen LogP contribution is -2.53. The topological polar surface area (TPSA) is 247 Å². The molecule has 3 aliphatic rings. The van der Waals surface area contributed by atoms with Gasteiger partial charge in [-0.15, -0.1) is 0 Å². The molecule has 14 nitrogen and oxygen atoms in total. The molecule has 300 valence electrons. The van der Waals surface area contributed by atoms with Gasteiger partial charge in [0.05, 0.1) is 86.7 Å². The number of rotatable bonds is 20. The van der Waals surface area contributed by atoms with Crippen molar-refractivity contribution >= 4 is 17.3 Å². The number of hydrogen-bond donors (Lipinski definition) is 8. The van der Waals surface area contributed by atoms with Crippen molar-refractivity contribution in [3.05, 3.63) is 24.3 Å². The van der Waals surface area contributed by atoms with Crippen LogP contribution in [0.15, 0.2) is 24.3 Å². The summed E-state index contributed by atoms with van der Waals surface area (Å²) in [5.74, 6) is -7.18. The summed E-state index contributed by atoms with van der Waals surface area (Å²) in [6.07, 6.45) is 2.37. The maximum Gasteiger partial charge on any atom is 0.167 e. The van der Waals surface area contributed by atoms with Crippen LogP contribution in [-0.2, 0) is 28.6 Å². The summed E-state index contributed by atoms with van der Waals surface area (Å²) in [7, 11) is 0. The van der Waals surface area contributed by atoms with E-state index < -0.39 is 96.5 Å². The third-order valence-electron chi connectivity index (χ3n) is 11.1. The Morgan fingerprint density at radius 3 is 1.65 bits per heavy atom. The number of allylic oxidation sites excluding steroid dienone is 2. The number of ketones is 3. The summed E-state index contributed by atoms with van der Waals surface area (Å²) in [5, 5.41) is 80.8. The van der Waals surface area contributed by atoms with E-state index in [0.717, 1.165) is 0 Å². The van der Waals surface area contributed by atoms with Crippen molar-refractivity contribution in [3.8, 4) is 0 Å². The van der Waals surface area contributed by atoms with Gasteiger partial charge < -0.3 is 55.1 Å². The van der Waals surface area contributed by atoms with Crippen molar-refractivity contribution in [3.63, 3.8) is 0 Å². The van der Waals surface area contributed by atoms with Gasteiger partial charge in [0.2, 0.25) is 0 Å². The van der Waals surface area contributed by atoms with Gasteiger partial charge in [0, 0.05) is 31.1 Å². The molecule has 3 fully saturated rings. The molecule has 0 aromatic heterocycles. The van der Waals surface area contributed by atoms with Crippen LogP contribution in [0.1, 0.15) is 81.1 Å². The molecule has 14 heteroatoms. The van der Waals surface area contributed by atoms with Crippen LogP contribution in [0.5, 0.6) is 0 Å². The molecule has 0 saturated carbocycles. The standard InChI is InChI=1S/2C19H32O7/c1-5-7-11(3)17-18(4,26-17)16(23)12(9-20)15(22)13-10-25-19(24,6-2)8-14(13)21;1-5-7-11(3)18-19(4,26-18)17(25)14(10-21)16(24)13(9-20)15(23)8-12(22)6-2/h5,7,11-14,16-17,20-21,23-24H,6,8-10H2,1-4H3;5,7,11,13-15,17-18,20-21,23,25H,6,8-10H2,1-4H3/b2*7-5-/t11-,12-,13+,14-,16-,17+,18+,19?;11-,13+,14-,15-,17-,18+,19+/m00/s1. The first-order valence-electron chi connectivity index (χ1n) is 18.4. The highest BCUT2D eigenvalue weighted by Gasteiger charge is 2.63. The predicted octanol–water partition coefficient (Wildman–Crippen LogP) is 0.624. The molecule has 8 N–H and O–H groups in total. The number of hydrogen-bond acceptors (Lipinski definition) is 14. The van der Waals surface area contributed by atoms with Crippen LogP contribution >= 0.6 is 0 Å². The lowest BCUT2D eigenvalue weighted by Gasteiger charge is -2.39. The molecule has 52 heavy (non-hydrogen) atoms. The van der Waals surface area contributed by atoms with Crippen molar-refractivity contribution in [1.29, 1.82) is 0 Å². The van der Waals surface area contributed by atoms with Crippen molar-refractivity contribution in [1.82, 2.24) is 0 Å². The van der Waals surface area contributed by atoms with E-state index in [0.29, 0.717) is 6.42 Å². The van der Waals surface area contributed by atoms with Crippen LogP contribution < -0.4 is 0 Å². The molecule has 0 aromatic rings. The van der Waals surface area contributed by atoms with Crippen molar-refractivity contribution in [2.24, 2.45) is 35.5 Å². The zero-order valence-electron chi connectivity index (χ0n) is 31.9. The molecule has 3 aliphatic heterocycles. The summed E-state index contributed by atoms with van der Waals surface area (Å²) in [4.78, 5) is 37.1. The number of carbonyl (C=O) groups is 3. The van der Waals surface area contributed by atoms with E-state index in [9.17, 15) is 55.2 Å². The fourth-order valence-electron chi connectivity index (χ4n) is 7.39. The van der Waals surface area contributed by atoms with Gasteiger partial charge in [-0.05, 0) is 34.1 Å². The van der Waals surface area contributed by atoms with Gasteiger partial charge in [-0.25, -0.2) is 0 Å². The van der Waals surface area contributed by atoms with Crippen LogP contribution in [0.2, 0.25) is 0 Å². The SMILES string of the molecule is C/C=C\[C@H](C)[C@H]1O[C@]1(C)[C@@H](O)[C@@H](CO)C(=O)[C@@H]1COC(O)(CC)C[C@@H]1O.C/C=C\[C@H](C)[C@H]1O[C@]1(C)[C@@H](O)[C@@H](CO)C(=O)[C@H](CO)[C@@H](O)CC(=O)CC. The lowest BCUT2D eigenvalue weighted by molar-refractivity contribution is -0.258. The van der Waals surface area contributed by atoms with E-state index in [4.69, 9.17) is 14.2 Å². The molecular weight excluding hydrogens is 680 g/mol. The molecular formula is C38H64O14. The fourth-order valence-corrected chi connectivity index (χ4v) is 7.39. The number of carbonyl (C=O) groups excluding carboxylic acids is 3. The summed E-state index contributed by atoms with van der Waals surface area (Å²) >= 11 is 0. The molecule has 3 saturated heterocycles. The summed E-state index contributed by atoms with van der Waals surface area (Å²) < 4.78 is 16.7. The zero-order chi connectivity index (χ0) is 39.8. The van der Waals surface area contributed by atoms with Gasteiger partial charge in [0.25, 0.3) is 0 Å². The van der Waals surface area contributed by atoms with Crippen LogP contribution in [0.4, 0.5) is 0 Å². The number of epoxide rings is 2. The minimum Gasteiger partial charge on any atom is -0.396 e. The largest absolute Gasteiger partial charge is 0.396 e. The average Bonchev–Trinajstić information content (AvgIpc) is 4.00. The Morgan fingerprint density at radius 1 is 0.808 bits per heavy atom. The number of Topliss-reactive ketones (excluding diaryl/α,β-unsaturated/α-hetero) is 3. The Kier molecular flexibility index (Phi) is 17.4. The second kappa shape index (κ2) is 19.6. The summed E-state index contributed by atoms with van der Waals surface area (Å²) in [6.45, 7) is 12.4. The molecule has 0 amide bonds. The highest BCUT2D eigenvalue weighted by Crippen LogP contribution is 2.48. The van der Waals surface area contributed by atoms with E-state index in [1.165, 1.54) is 0 Å². The van der Waals surface area contributed by atoms with Crippen LogP contribution in [0.25, 0.3) is 0 Å². The van der Waals surface area contributed by atoms with Gasteiger partial charge in [0.1, 0.15) is 28.6 Å². The third-order valence-corrected chi connectivity index (χ3v) is 11.1. The molecule has 0 aliphatic carbocycles.